The van der Waals surface area contributed by atoms with Crippen LogP contribution in [0.3, 0.4) is 0 Å². The van der Waals surface area contributed by atoms with E-state index in [9.17, 15) is 4.39 Å². The Bertz CT molecular complexity index is 430. The molecule has 0 heterocycles. The molecule has 0 bridgehead atoms. The first-order chi connectivity index (χ1) is 9.11. The molecule has 19 heavy (non-hydrogen) atoms. The van der Waals surface area contributed by atoms with Crippen LogP contribution in [0, 0.1) is 12.7 Å². The molecule has 0 radical (unpaired) electrons. The summed E-state index contributed by atoms with van der Waals surface area (Å²) in [5.74, 6) is 5.54. The predicted octanol–water partition coefficient (Wildman–Crippen LogP) is 2.47. The minimum absolute atomic E-state index is 0.0594. The van der Waals surface area contributed by atoms with Crippen molar-refractivity contribution in [2.24, 2.45) is 5.84 Å². The van der Waals surface area contributed by atoms with Gasteiger partial charge in [0.25, 0.3) is 0 Å². The smallest absolute Gasteiger partial charge is 0.123 e. The van der Waals surface area contributed by atoms with Crippen LogP contribution in [0.4, 0.5) is 4.39 Å². The second-order valence-corrected chi connectivity index (χ2v) is 5.47. The zero-order chi connectivity index (χ0) is 13.9. The third-order valence-corrected chi connectivity index (χ3v) is 4.42. The number of ether oxygens (including phenoxy) is 1. The van der Waals surface area contributed by atoms with Crippen molar-refractivity contribution in [2.75, 3.05) is 7.11 Å². The van der Waals surface area contributed by atoms with Crippen LogP contribution < -0.4 is 11.3 Å². The van der Waals surface area contributed by atoms with Gasteiger partial charge in [-0.25, -0.2) is 4.39 Å². The summed E-state index contributed by atoms with van der Waals surface area (Å²) in [6.07, 6.45) is 5.16. The number of nitrogens with two attached hydrogens (primary N) is 1. The fourth-order valence-electron chi connectivity index (χ4n) is 3.17. The maximum absolute atomic E-state index is 13.1. The molecule has 1 unspecified atom stereocenters. The van der Waals surface area contributed by atoms with E-state index in [0.29, 0.717) is 0 Å². The van der Waals surface area contributed by atoms with Gasteiger partial charge >= 0.3 is 0 Å². The van der Waals surface area contributed by atoms with Gasteiger partial charge in [-0.3, -0.25) is 11.3 Å². The Balaban J connectivity index is 2.18. The SMILES string of the molecule is COC1(C(Cc2ccc(F)cc2C)NN)CCCC1. The van der Waals surface area contributed by atoms with Gasteiger partial charge in [-0.2, -0.15) is 0 Å². The number of aryl methyl sites for hydroxylation is 1. The lowest BCUT2D eigenvalue weighted by molar-refractivity contribution is -0.0356. The molecule has 1 aliphatic carbocycles. The van der Waals surface area contributed by atoms with Crippen molar-refractivity contribution in [1.29, 1.82) is 0 Å². The Morgan fingerprint density at radius 3 is 2.63 bits per heavy atom. The van der Waals surface area contributed by atoms with Crippen molar-refractivity contribution >= 4 is 0 Å². The first-order valence-corrected chi connectivity index (χ1v) is 6.87. The topological polar surface area (TPSA) is 47.3 Å². The molecule has 4 heteroatoms. The van der Waals surface area contributed by atoms with E-state index in [0.717, 1.165) is 30.4 Å². The Morgan fingerprint density at radius 1 is 1.42 bits per heavy atom. The highest BCUT2D eigenvalue weighted by Crippen LogP contribution is 2.36. The van der Waals surface area contributed by atoms with Gasteiger partial charge in [0.1, 0.15) is 5.82 Å². The first-order valence-electron chi connectivity index (χ1n) is 6.87. The van der Waals surface area contributed by atoms with Crippen molar-refractivity contribution in [3.8, 4) is 0 Å². The van der Waals surface area contributed by atoms with E-state index in [1.54, 1.807) is 13.2 Å². The average molecular weight is 266 g/mol. The third kappa shape index (κ3) is 2.96. The number of halogens is 1. The molecule has 1 aromatic rings. The van der Waals surface area contributed by atoms with Gasteiger partial charge < -0.3 is 4.74 Å². The van der Waals surface area contributed by atoms with Gasteiger partial charge in [0.15, 0.2) is 0 Å². The van der Waals surface area contributed by atoms with Gasteiger partial charge in [0.05, 0.1) is 11.6 Å². The highest BCUT2D eigenvalue weighted by Gasteiger charge is 2.41. The van der Waals surface area contributed by atoms with Gasteiger partial charge in [0, 0.05) is 7.11 Å². The van der Waals surface area contributed by atoms with E-state index in [1.165, 1.54) is 18.9 Å². The Kier molecular flexibility index (Phi) is 4.55. The summed E-state index contributed by atoms with van der Waals surface area (Å²) in [7, 11) is 1.76. The lowest BCUT2D eigenvalue weighted by Gasteiger charge is -2.36. The molecule has 2 rings (SSSR count). The second kappa shape index (κ2) is 5.99. The van der Waals surface area contributed by atoms with E-state index < -0.39 is 0 Å². The number of hydrazine groups is 1. The van der Waals surface area contributed by atoms with E-state index in [4.69, 9.17) is 10.6 Å². The highest BCUT2D eigenvalue weighted by molar-refractivity contribution is 5.28. The summed E-state index contributed by atoms with van der Waals surface area (Å²) >= 11 is 0. The second-order valence-electron chi connectivity index (χ2n) is 5.47. The van der Waals surface area contributed by atoms with Crippen molar-refractivity contribution in [2.45, 2.75) is 50.7 Å². The van der Waals surface area contributed by atoms with Gasteiger partial charge in [-0.15, -0.1) is 0 Å². The molecule has 106 valence electrons. The van der Waals surface area contributed by atoms with Crippen LogP contribution in [0.5, 0.6) is 0 Å². The van der Waals surface area contributed by atoms with E-state index in [-0.39, 0.29) is 17.5 Å². The number of methoxy groups -OCH3 is 1. The summed E-state index contributed by atoms with van der Waals surface area (Å²) in [5, 5.41) is 0. The molecule has 3 nitrogen and oxygen atoms in total. The molecule has 0 aliphatic heterocycles. The number of benzene rings is 1. The molecular weight excluding hydrogens is 243 g/mol. The Hall–Kier alpha value is -0.970. The van der Waals surface area contributed by atoms with Crippen molar-refractivity contribution in [3.63, 3.8) is 0 Å². The van der Waals surface area contributed by atoms with Crippen LogP contribution in [-0.4, -0.2) is 18.8 Å². The summed E-state index contributed by atoms with van der Waals surface area (Å²) in [5.41, 5.74) is 4.80. The van der Waals surface area contributed by atoms with Gasteiger partial charge in [-0.05, 0) is 49.4 Å². The molecule has 1 fully saturated rings. The Labute approximate surface area is 114 Å². The summed E-state index contributed by atoms with van der Waals surface area (Å²) in [4.78, 5) is 0. The zero-order valence-corrected chi connectivity index (χ0v) is 11.7. The fraction of sp³-hybridized carbons (Fsp3) is 0.600. The zero-order valence-electron chi connectivity index (χ0n) is 11.7. The van der Waals surface area contributed by atoms with Crippen LogP contribution in [0.15, 0.2) is 18.2 Å². The van der Waals surface area contributed by atoms with Crippen LogP contribution in [0.25, 0.3) is 0 Å². The molecule has 0 saturated heterocycles. The fourth-order valence-corrected chi connectivity index (χ4v) is 3.17. The minimum atomic E-state index is -0.194. The summed E-state index contributed by atoms with van der Waals surface area (Å²) in [6.45, 7) is 1.93. The highest BCUT2D eigenvalue weighted by atomic mass is 19.1. The molecule has 1 saturated carbocycles. The monoisotopic (exact) mass is 266 g/mol. The van der Waals surface area contributed by atoms with Crippen molar-refractivity contribution in [3.05, 3.63) is 35.1 Å². The van der Waals surface area contributed by atoms with Crippen LogP contribution in [-0.2, 0) is 11.2 Å². The van der Waals surface area contributed by atoms with Crippen LogP contribution >= 0.6 is 0 Å². The number of nitrogens with one attached hydrogen (secondary N) is 1. The summed E-state index contributed by atoms with van der Waals surface area (Å²) in [6, 6.07) is 4.97. The first kappa shape index (κ1) is 14.4. The molecular formula is C15H23FN2O. The largest absolute Gasteiger partial charge is 0.377 e. The molecule has 1 aromatic carbocycles. The number of hydrogen-bond donors (Lipinski definition) is 2. The minimum Gasteiger partial charge on any atom is -0.377 e. The lowest BCUT2D eigenvalue weighted by Crippen LogP contribution is -2.54. The normalized spacial score (nSPS) is 19.6. The molecule has 1 aliphatic rings. The third-order valence-electron chi connectivity index (χ3n) is 4.42. The standard InChI is InChI=1S/C15H23FN2O/c1-11-9-13(16)6-5-12(11)10-14(18-17)15(19-2)7-3-4-8-15/h5-6,9,14,18H,3-4,7-8,10,17H2,1-2H3. The van der Waals surface area contributed by atoms with Crippen molar-refractivity contribution in [1.82, 2.24) is 5.43 Å². The average Bonchev–Trinajstić information content (AvgIpc) is 2.88. The molecule has 0 aromatic heterocycles. The maximum Gasteiger partial charge on any atom is 0.123 e. The maximum atomic E-state index is 13.1. The molecule has 0 spiro atoms. The van der Waals surface area contributed by atoms with E-state index in [1.807, 2.05) is 13.0 Å². The summed E-state index contributed by atoms with van der Waals surface area (Å²) < 4.78 is 18.9. The lowest BCUT2D eigenvalue weighted by atomic mass is 9.86. The quantitative estimate of drug-likeness (QED) is 0.636. The predicted molar refractivity (Wildman–Crippen MR) is 74.2 cm³/mol. The molecule has 0 amide bonds. The molecule has 1 atom stereocenters. The van der Waals surface area contributed by atoms with E-state index >= 15 is 0 Å². The van der Waals surface area contributed by atoms with Crippen molar-refractivity contribution < 1.29 is 9.13 Å². The van der Waals surface area contributed by atoms with Crippen LogP contribution in [0.1, 0.15) is 36.8 Å². The number of rotatable bonds is 5. The van der Waals surface area contributed by atoms with Gasteiger partial charge in [-0.1, -0.05) is 18.9 Å². The van der Waals surface area contributed by atoms with E-state index in [2.05, 4.69) is 5.43 Å². The van der Waals surface area contributed by atoms with Gasteiger partial charge in [0.2, 0.25) is 0 Å². The van der Waals surface area contributed by atoms with Crippen LogP contribution in [0.2, 0.25) is 0 Å². The number of hydrogen-bond acceptors (Lipinski definition) is 3. The Morgan fingerprint density at radius 2 is 2.11 bits per heavy atom. The molecule has 3 N–H and O–H groups in total.